The molecule has 2 heterocycles. The maximum absolute atomic E-state index is 11.9. The van der Waals surface area contributed by atoms with Crippen LogP contribution in [0.1, 0.15) is 26.4 Å². The maximum atomic E-state index is 11.9. The van der Waals surface area contributed by atoms with Crippen molar-refractivity contribution in [2.75, 3.05) is 0 Å². The van der Waals surface area contributed by atoms with E-state index in [0.717, 1.165) is 5.56 Å². The number of nitrogens with one attached hydrogen (secondary N) is 1. The molecule has 2 N–H and O–H groups in total. The third kappa shape index (κ3) is 2.98. The van der Waals surface area contributed by atoms with Crippen LogP contribution in [0.3, 0.4) is 0 Å². The monoisotopic (exact) mass is 259 g/mol. The first-order valence-electron chi connectivity index (χ1n) is 5.65. The van der Waals surface area contributed by atoms with Crippen LogP contribution in [0.25, 0.3) is 0 Å². The summed E-state index contributed by atoms with van der Waals surface area (Å²) in [5, 5.41) is 11.6. The zero-order valence-electron chi connectivity index (χ0n) is 10.3. The van der Waals surface area contributed by atoms with Gasteiger partial charge in [0.25, 0.3) is 5.91 Å². The zero-order valence-corrected chi connectivity index (χ0v) is 10.3. The highest BCUT2D eigenvalue weighted by Crippen LogP contribution is 2.06. The Morgan fingerprint density at radius 2 is 2.21 bits per heavy atom. The van der Waals surface area contributed by atoms with Crippen molar-refractivity contribution >= 4 is 11.9 Å². The van der Waals surface area contributed by atoms with Gasteiger partial charge in [0, 0.05) is 32.2 Å². The van der Waals surface area contributed by atoms with E-state index in [1.807, 2.05) is 30.1 Å². The van der Waals surface area contributed by atoms with Crippen molar-refractivity contribution < 1.29 is 14.7 Å². The van der Waals surface area contributed by atoms with Gasteiger partial charge in [-0.3, -0.25) is 9.78 Å². The molecule has 0 aliphatic heterocycles. The molecule has 6 heteroatoms. The predicted octanol–water partition coefficient (Wildman–Crippen LogP) is 1.05. The van der Waals surface area contributed by atoms with Crippen LogP contribution in [0.5, 0.6) is 0 Å². The van der Waals surface area contributed by atoms with Crippen molar-refractivity contribution in [3.63, 3.8) is 0 Å². The Kier molecular flexibility index (Phi) is 3.61. The number of aromatic carboxylic acids is 1. The van der Waals surface area contributed by atoms with Gasteiger partial charge in [0.2, 0.25) is 0 Å². The van der Waals surface area contributed by atoms with Crippen molar-refractivity contribution in [3.8, 4) is 0 Å². The van der Waals surface area contributed by atoms with E-state index in [9.17, 15) is 9.59 Å². The molecule has 0 unspecified atom stereocenters. The lowest BCUT2D eigenvalue weighted by Gasteiger charge is -2.05. The normalized spacial score (nSPS) is 10.2. The van der Waals surface area contributed by atoms with Crippen molar-refractivity contribution in [2.24, 2.45) is 7.05 Å². The Morgan fingerprint density at radius 1 is 1.42 bits per heavy atom. The number of aryl methyl sites for hydroxylation is 1. The lowest BCUT2D eigenvalue weighted by atomic mass is 10.2. The van der Waals surface area contributed by atoms with E-state index in [4.69, 9.17) is 5.11 Å². The number of pyridine rings is 1. The third-order valence-electron chi connectivity index (χ3n) is 2.60. The number of carboxylic acid groups (broad SMARTS) is 1. The molecule has 1 amide bonds. The summed E-state index contributed by atoms with van der Waals surface area (Å²) in [6.07, 6.45) is 5.13. The van der Waals surface area contributed by atoms with Crippen LogP contribution in [-0.4, -0.2) is 26.5 Å². The number of hydrogen-bond donors (Lipinski definition) is 2. The molecule has 2 rings (SSSR count). The van der Waals surface area contributed by atoms with Crippen LogP contribution in [0.2, 0.25) is 0 Å². The van der Waals surface area contributed by atoms with Gasteiger partial charge in [0.15, 0.2) is 0 Å². The van der Waals surface area contributed by atoms with Gasteiger partial charge in [-0.2, -0.15) is 0 Å². The van der Waals surface area contributed by atoms with E-state index >= 15 is 0 Å². The van der Waals surface area contributed by atoms with Gasteiger partial charge >= 0.3 is 5.97 Å². The molecule has 0 fully saturated rings. The number of amides is 1. The number of nitrogens with zero attached hydrogens (tertiary/aromatic N) is 2. The number of carboxylic acids is 1. The Balaban J connectivity index is 2.10. The highest BCUT2D eigenvalue weighted by molar-refractivity contribution is 6.03. The van der Waals surface area contributed by atoms with Crippen molar-refractivity contribution in [1.82, 2.24) is 14.9 Å². The first kappa shape index (κ1) is 12.8. The number of carbonyl (C=O) groups excluding carboxylic acids is 1. The molecule has 2 aromatic heterocycles. The molecule has 0 aromatic carbocycles. The summed E-state index contributed by atoms with van der Waals surface area (Å²) in [5.41, 5.74) is 0.752. The number of carbonyl (C=O) groups is 2. The number of hydrogen-bond acceptors (Lipinski definition) is 3. The molecule has 2 aromatic rings. The number of aromatic nitrogens is 2. The minimum atomic E-state index is -1.17. The fraction of sp³-hybridized carbons (Fsp3) is 0.154. The van der Waals surface area contributed by atoms with Crippen LogP contribution in [0, 0.1) is 0 Å². The average Bonchev–Trinajstić information content (AvgIpc) is 2.81. The molecule has 0 aliphatic carbocycles. The Labute approximate surface area is 109 Å². The summed E-state index contributed by atoms with van der Waals surface area (Å²) in [6.45, 7) is 0.329. The zero-order chi connectivity index (χ0) is 13.8. The van der Waals surface area contributed by atoms with Crippen LogP contribution >= 0.6 is 0 Å². The first-order valence-corrected chi connectivity index (χ1v) is 5.65. The van der Waals surface area contributed by atoms with Crippen LogP contribution in [0.4, 0.5) is 0 Å². The van der Waals surface area contributed by atoms with E-state index < -0.39 is 11.9 Å². The SMILES string of the molecule is Cn1ccc(CNC(=O)c2ncccc2C(=O)O)c1. The second kappa shape index (κ2) is 5.34. The third-order valence-corrected chi connectivity index (χ3v) is 2.60. The molecule has 0 saturated carbocycles. The second-order valence-electron chi connectivity index (χ2n) is 4.07. The summed E-state index contributed by atoms with van der Waals surface area (Å²) >= 11 is 0. The summed E-state index contributed by atoms with van der Waals surface area (Å²) in [7, 11) is 1.88. The number of rotatable bonds is 4. The molecule has 0 radical (unpaired) electrons. The minimum absolute atomic E-state index is 0.0778. The van der Waals surface area contributed by atoms with E-state index in [1.54, 1.807) is 0 Å². The molecular weight excluding hydrogens is 246 g/mol. The Morgan fingerprint density at radius 3 is 2.84 bits per heavy atom. The Hall–Kier alpha value is -2.63. The van der Waals surface area contributed by atoms with E-state index in [0.29, 0.717) is 6.54 Å². The van der Waals surface area contributed by atoms with Gasteiger partial charge < -0.3 is 15.0 Å². The summed E-state index contributed by atoms with van der Waals surface area (Å²) in [4.78, 5) is 26.7. The van der Waals surface area contributed by atoms with Crippen molar-refractivity contribution in [2.45, 2.75) is 6.54 Å². The van der Waals surface area contributed by atoms with E-state index in [1.165, 1.54) is 18.3 Å². The molecule has 0 saturated heterocycles. The van der Waals surface area contributed by atoms with Crippen molar-refractivity contribution in [3.05, 3.63) is 53.6 Å². The molecule has 6 nitrogen and oxygen atoms in total. The highest BCUT2D eigenvalue weighted by atomic mass is 16.4. The summed E-state index contributed by atoms with van der Waals surface area (Å²) in [5.74, 6) is -1.67. The highest BCUT2D eigenvalue weighted by Gasteiger charge is 2.17. The van der Waals surface area contributed by atoms with E-state index in [2.05, 4.69) is 10.3 Å². The van der Waals surface area contributed by atoms with Crippen LogP contribution in [0.15, 0.2) is 36.8 Å². The molecule has 0 atom stereocenters. The Bertz CT molecular complexity index is 619. The molecule has 19 heavy (non-hydrogen) atoms. The van der Waals surface area contributed by atoms with Gasteiger partial charge in [-0.05, 0) is 23.8 Å². The summed E-state index contributed by atoms with van der Waals surface area (Å²) < 4.78 is 1.87. The van der Waals surface area contributed by atoms with Gasteiger partial charge in [0.05, 0.1) is 5.56 Å². The quantitative estimate of drug-likeness (QED) is 0.859. The summed E-state index contributed by atoms with van der Waals surface area (Å²) in [6, 6.07) is 4.71. The maximum Gasteiger partial charge on any atom is 0.338 e. The molecule has 0 aliphatic rings. The fourth-order valence-electron chi connectivity index (χ4n) is 1.69. The molecule has 98 valence electrons. The standard InChI is InChI=1S/C13H13N3O3/c1-16-6-4-9(8-16)7-15-12(17)11-10(13(18)19)3-2-5-14-11/h2-6,8H,7H2,1H3,(H,15,17)(H,18,19). The minimum Gasteiger partial charge on any atom is -0.478 e. The first-order chi connectivity index (χ1) is 9.08. The molecule has 0 bridgehead atoms. The lowest BCUT2D eigenvalue weighted by molar-refractivity contribution is 0.0690. The van der Waals surface area contributed by atoms with Gasteiger partial charge in [0.1, 0.15) is 5.69 Å². The topological polar surface area (TPSA) is 84.2 Å². The smallest absolute Gasteiger partial charge is 0.338 e. The van der Waals surface area contributed by atoms with Gasteiger partial charge in [-0.25, -0.2) is 4.79 Å². The van der Waals surface area contributed by atoms with E-state index in [-0.39, 0.29) is 11.3 Å². The van der Waals surface area contributed by atoms with Gasteiger partial charge in [-0.15, -0.1) is 0 Å². The molecular formula is C13H13N3O3. The average molecular weight is 259 g/mol. The van der Waals surface area contributed by atoms with Crippen molar-refractivity contribution in [1.29, 1.82) is 0 Å². The largest absolute Gasteiger partial charge is 0.478 e. The fourth-order valence-corrected chi connectivity index (χ4v) is 1.69. The van der Waals surface area contributed by atoms with Crippen LogP contribution in [-0.2, 0) is 13.6 Å². The second-order valence-corrected chi connectivity index (χ2v) is 4.07. The lowest BCUT2D eigenvalue weighted by Crippen LogP contribution is -2.25. The van der Waals surface area contributed by atoms with Crippen LogP contribution < -0.4 is 5.32 Å². The predicted molar refractivity (Wildman–Crippen MR) is 67.8 cm³/mol. The molecule has 0 spiro atoms. The van der Waals surface area contributed by atoms with Gasteiger partial charge in [-0.1, -0.05) is 0 Å².